The predicted molar refractivity (Wildman–Crippen MR) is 52.6 cm³/mol. The van der Waals surface area contributed by atoms with Crippen molar-refractivity contribution in [1.29, 1.82) is 0 Å². The molecule has 4 heteroatoms. The molecule has 0 aliphatic carbocycles. The highest BCUT2D eigenvalue weighted by molar-refractivity contribution is 5.77. The number of piperazine rings is 1. The number of likely N-dealkylation sites (N-methyl/N-ethyl adjacent to an activating group) is 1. The van der Waals surface area contributed by atoms with Crippen molar-refractivity contribution in [2.45, 2.75) is 19.4 Å². The maximum absolute atomic E-state index is 11.1. The van der Waals surface area contributed by atoms with Gasteiger partial charge in [-0.25, -0.2) is 0 Å². The third-order valence-corrected chi connectivity index (χ3v) is 2.30. The van der Waals surface area contributed by atoms with Crippen LogP contribution >= 0.6 is 0 Å². The van der Waals surface area contributed by atoms with Crippen LogP contribution in [0.15, 0.2) is 0 Å². The molecule has 1 fully saturated rings. The smallest absolute Gasteiger partial charge is 0.233 e. The molecule has 76 valence electrons. The van der Waals surface area contributed by atoms with Gasteiger partial charge >= 0.3 is 0 Å². The van der Waals surface area contributed by atoms with Crippen LogP contribution in [0.25, 0.3) is 0 Å². The van der Waals surface area contributed by atoms with E-state index in [-0.39, 0.29) is 11.4 Å². The van der Waals surface area contributed by atoms with Crippen LogP contribution in [-0.2, 0) is 4.79 Å². The quantitative estimate of drug-likeness (QED) is 0.605. The topological polar surface area (TPSA) is 44.4 Å². The summed E-state index contributed by atoms with van der Waals surface area (Å²) in [5.41, 5.74) is 0.131. The molecule has 1 aliphatic rings. The van der Waals surface area contributed by atoms with Crippen LogP contribution in [0.1, 0.15) is 13.8 Å². The molecule has 13 heavy (non-hydrogen) atoms. The lowest BCUT2D eigenvalue weighted by Gasteiger charge is -2.38. The van der Waals surface area contributed by atoms with E-state index in [0.29, 0.717) is 6.54 Å². The van der Waals surface area contributed by atoms with E-state index in [9.17, 15) is 4.79 Å². The molecule has 0 unspecified atom stereocenters. The molecule has 1 saturated heterocycles. The van der Waals surface area contributed by atoms with E-state index < -0.39 is 0 Å². The number of amides is 1. The Kier molecular flexibility index (Phi) is 3.27. The summed E-state index contributed by atoms with van der Waals surface area (Å²) in [4.78, 5) is 13.3. The van der Waals surface area contributed by atoms with E-state index in [1.807, 2.05) is 0 Å². The number of nitrogens with one attached hydrogen (secondary N) is 2. The van der Waals surface area contributed by atoms with Gasteiger partial charge in [0.15, 0.2) is 0 Å². The van der Waals surface area contributed by atoms with Crippen LogP contribution < -0.4 is 10.6 Å². The first-order valence-corrected chi connectivity index (χ1v) is 4.71. The highest BCUT2D eigenvalue weighted by Gasteiger charge is 2.26. The zero-order valence-electron chi connectivity index (χ0n) is 8.68. The lowest BCUT2D eigenvalue weighted by Crippen LogP contribution is -2.58. The summed E-state index contributed by atoms with van der Waals surface area (Å²) < 4.78 is 0. The second-order valence-electron chi connectivity index (χ2n) is 4.19. The number of nitrogens with zero attached hydrogens (tertiary/aromatic N) is 1. The van der Waals surface area contributed by atoms with E-state index in [1.54, 1.807) is 7.05 Å². The Morgan fingerprint density at radius 3 is 2.85 bits per heavy atom. The zero-order valence-corrected chi connectivity index (χ0v) is 8.68. The molecule has 1 amide bonds. The minimum Gasteiger partial charge on any atom is -0.358 e. The van der Waals surface area contributed by atoms with Crippen LogP contribution in [0.5, 0.6) is 0 Å². The molecular formula is C9H19N3O. The van der Waals surface area contributed by atoms with Gasteiger partial charge in [0.1, 0.15) is 0 Å². The van der Waals surface area contributed by atoms with Crippen LogP contribution in [0.3, 0.4) is 0 Å². The van der Waals surface area contributed by atoms with Crippen LogP contribution in [0, 0.1) is 0 Å². The van der Waals surface area contributed by atoms with Crippen molar-refractivity contribution < 1.29 is 4.79 Å². The number of hydrogen-bond acceptors (Lipinski definition) is 3. The van der Waals surface area contributed by atoms with Crippen molar-refractivity contribution in [1.82, 2.24) is 15.5 Å². The second-order valence-corrected chi connectivity index (χ2v) is 4.19. The van der Waals surface area contributed by atoms with Gasteiger partial charge < -0.3 is 10.6 Å². The molecule has 0 radical (unpaired) electrons. The first-order chi connectivity index (χ1) is 6.03. The minimum atomic E-state index is 0.0951. The normalized spacial score (nSPS) is 22.7. The average Bonchev–Trinajstić information content (AvgIpc) is 2.02. The van der Waals surface area contributed by atoms with Crippen molar-refractivity contribution in [3.8, 4) is 0 Å². The van der Waals surface area contributed by atoms with Gasteiger partial charge in [0, 0.05) is 32.2 Å². The second kappa shape index (κ2) is 4.07. The molecule has 0 aromatic heterocycles. The fraction of sp³-hybridized carbons (Fsp3) is 0.889. The Morgan fingerprint density at radius 1 is 1.62 bits per heavy atom. The van der Waals surface area contributed by atoms with Gasteiger partial charge in [0.2, 0.25) is 5.91 Å². The summed E-state index contributed by atoms with van der Waals surface area (Å²) in [6.07, 6.45) is 0. The van der Waals surface area contributed by atoms with E-state index in [0.717, 1.165) is 19.6 Å². The van der Waals surface area contributed by atoms with Gasteiger partial charge in [-0.1, -0.05) is 0 Å². The van der Waals surface area contributed by atoms with Crippen LogP contribution in [-0.4, -0.2) is 49.6 Å². The third kappa shape index (κ3) is 3.32. The largest absolute Gasteiger partial charge is 0.358 e. The van der Waals surface area contributed by atoms with Crippen molar-refractivity contribution in [2.75, 3.05) is 33.2 Å². The fourth-order valence-corrected chi connectivity index (χ4v) is 1.66. The predicted octanol–water partition coefficient (Wildman–Crippen LogP) is -0.584. The Bertz CT molecular complexity index is 191. The summed E-state index contributed by atoms with van der Waals surface area (Å²) in [5, 5.41) is 6.04. The summed E-state index contributed by atoms with van der Waals surface area (Å²) in [6, 6.07) is 0. The first-order valence-electron chi connectivity index (χ1n) is 4.71. The molecule has 4 nitrogen and oxygen atoms in total. The lowest BCUT2D eigenvalue weighted by atomic mass is 10.0. The molecule has 2 N–H and O–H groups in total. The molecule has 0 aromatic carbocycles. The molecule has 0 aromatic rings. The van der Waals surface area contributed by atoms with Crippen LogP contribution in [0.4, 0.5) is 0 Å². The summed E-state index contributed by atoms with van der Waals surface area (Å²) >= 11 is 0. The molecular weight excluding hydrogens is 166 g/mol. The third-order valence-electron chi connectivity index (χ3n) is 2.30. The monoisotopic (exact) mass is 185 g/mol. The maximum atomic E-state index is 11.1. The minimum absolute atomic E-state index is 0.0951. The first kappa shape index (κ1) is 10.5. The van der Waals surface area contributed by atoms with Crippen molar-refractivity contribution in [3.05, 3.63) is 0 Å². The van der Waals surface area contributed by atoms with Gasteiger partial charge in [-0.2, -0.15) is 0 Å². The van der Waals surface area contributed by atoms with E-state index in [4.69, 9.17) is 0 Å². The summed E-state index contributed by atoms with van der Waals surface area (Å²) in [5.74, 6) is 0.0951. The summed E-state index contributed by atoms with van der Waals surface area (Å²) in [7, 11) is 1.68. The Labute approximate surface area is 79.7 Å². The van der Waals surface area contributed by atoms with E-state index >= 15 is 0 Å². The van der Waals surface area contributed by atoms with Gasteiger partial charge in [-0.15, -0.1) is 0 Å². The molecule has 0 spiro atoms. The Hall–Kier alpha value is -0.610. The zero-order chi connectivity index (χ0) is 9.90. The average molecular weight is 185 g/mol. The summed E-state index contributed by atoms with van der Waals surface area (Å²) in [6.45, 7) is 7.68. The maximum Gasteiger partial charge on any atom is 0.233 e. The van der Waals surface area contributed by atoms with Gasteiger partial charge in [0.05, 0.1) is 6.54 Å². The fourth-order valence-electron chi connectivity index (χ4n) is 1.66. The lowest BCUT2D eigenvalue weighted by molar-refractivity contribution is -0.122. The van der Waals surface area contributed by atoms with Crippen molar-refractivity contribution in [3.63, 3.8) is 0 Å². The number of carbonyl (C=O) groups is 1. The number of rotatable bonds is 2. The Morgan fingerprint density at radius 2 is 2.31 bits per heavy atom. The molecule has 0 bridgehead atoms. The van der Waals surface area contributed by atoms with E-state index in [2.05, 4.69) is 29.4 Å². The molecule has 0 atom stereocenters. The molecule has 1 aliphatic heterocycles. The molecule has 1 rings (SSSR count). The van der Waals surface area contributed by atoms with Crippen molar-refractivity contribution >= 4 is 5.91 Å². The number of carbonyl (C=O) groups excluding carboxylic acids is 1. The number of hydrogen-bond donors (Lipinski definition) is 2. The van der Waals surface area contributed by atoms with Crippen LogP contribution in [0.2, 0.25) is 0 Å². The standard InChI is InChI=1S/C9H19N3O/c1-9(2)7-12(5-4-11-9)6-8(13)10-3/h11H,4-7H2,1-3H3,(H,10,13). The SMILES string of the molecule is CNC(=O)CN1CCNC(C)(C)C1. The van der Waals surface area contributed by atoms with Gasteiger partial charge in [0.25, 0.3) is 0 Å². The molecule has 0 saturated carbocycles. The van der Waals surface area contributed by atoms with Gasteiger partial charge in [-0.3, -0.25) is 9.69 Å². The molecule has 1 heterocycles. The van der Waals surface area contributed by atoms with Crippen molar-refractivity contribution in [2.24, 2.45) is 0 Å². The van der Waals surface area contributed by atoms with E-state index in [1.165, 1.54) is 0 Å². The van der Waals surface area contributed by atoms with Gasteiger partial charge in [-0.05, 0) is 13.8 Å². The highest BCUT2D eigenvalue weighted by atomic mass is 16.1. The highest BCUT2D eigenvalue weighted by Crippen LogP contribution is 2.09. The Balaban J connectivity index is 2.39.